The Morgan fingerprint density at radius 1 is 0.583 bits per heavy atom. The van der Waals surface area contributed by atoms with Crippen molar-refractivity contribution in [2.75, 3.05) is 33.2 Å². The summed E-state index contributed by atoms with van der Waals surface area (Å²) < 4.78 is 117. The van der Waals surface area contributed by atoms with Crippen LogP contribution in [0.4, 0.5) is 51.8 Å². The molecule has 2 nitrogen and oxygen atoms in total. The summed E-state index contributed by atoms with van der Waals surface area (Å²) in [6, 6.07) is 0. The maximum atomic E-state index is 9.75. The number of likely N-dealkylation sites (N-methyl/N-ethyl adjacent to an activating group) is 1. The molecule has 0 aromatic heterocycles. The van der Waals surface area contributed by atoms with Crippen LogP contribution in [0, 0.1) is 7.05 Å². The molecule has 18 heteroatoms. The van der Waals surface area contributed by atoms with Crippen molar-refractivity contribution in [2.45, 2.75) is 0 Å². The Bertz CT molecular complexity index is 221. The molecule has 0 atom stereocenters. The molecule has 1 saturated heterocycles. The zero-order valence-electron chi connectivity index (χ0n) is 12.7. The van der Waals surface area contributed by atoms with Gasteiger partial charge in [-0.25, -0.2) is 0 Å². The van der Waals surface area contributed by atoms with Crippen LogP contribution in [0.3, 0.4) is 0 Å². The Balaban J connectivity index is -0.000000113. The minimum absolute atomic E-state index is 0. The van der Waals surface area contributed by atoms with E-state index in [0.29, 0.717) is 0 Å². The molecule has 0 amide bonds. The van der Waals surface area contributed by atoms with Gasteiger partial charge in [-0.3, -0.25) is 7.05 Å². The van der Waals surface area contributed by atoms with Gasteiger partial charge in [0.1, 0.15) is 0 Å². The molecule has 0 unspecified atom stereocenters. The van der Waals surface area contributed by atoms with Gasteiger partial charge >= 0.3 is 73.1 Å². The summed E-state index contributed by atoms with van der Waals surface area (Å²) >= 11 is 0. The second kappa shape index (κ2) is 15.0. The van der Waals surface area contributed by atoms with Crippen molar-refractivity contribution < 1.29 is 103 Å². The Morgan fingerprint density at radius 3 is 0.875 bits per heavy atom. The van der Waals surface area contributed by atoms with Crippen molar-refractivity contribution in [2.24, 2.45) is 0 Å². The molecule has 144 valence electrons. The molecule has 1 rings (SSSR count). The van der Waals surface area contributed by atoms with E-state index in [-0.39, 0.29) is 51.4 Å². The molecule has 0 N–H and O–H groups in total. The van der Waals surface area contributed by atoms with Crippen LogP contribution in [0.25, 0.3) is 0 Å². The largest absolute Gasteiger partial charge is 1.00 e. The third-order valence-electron chi connectivity index (χ3n) is 1.60. The average molecular weight is 413 g/mol. The molecular weight excluding hydrogens is 400 g/mol. The molecule has 0 saturated carbocycles. The molecular formula is C6H13B3F12KN2-3. The Hall–Kier alpha value is 0.911. The maximum absolute atomic E-state index is 9.75. The molecule has 0 aromatic rings. The first-order valence-electron chi connectivity index (χ1n) is 5.65. The van der Waals surface area contributed by atoms with Gasteiger partial charge in [0.2, 0.25) is 0 Å². The van der Waals surface area contributed by atoms with Gasteiger partial charge in [0, 0.05) is 13.1 Å². The Labute approximate surface area is 174 Å². The van der Waals surface area contributed by atoms with Crippen molar-refractivity contribution in [3.05, 3.63) is 7.05 Å². The molecule has 0 radical (unpaired) electrons. The first kappa shape index (κ1) is 32.6. The topological polar surface area (TPSA) is 6.48 Å². The second-order valence-corrected chi connectivity index (χ2v) is 3.91. The minimum Gasteiger partial charge on any atom is -0.457 e. The molecule has 1 heterocycles. The van der Waals surface area contributed by atoms with E-state index in [4.69, 9.17) is 0 Å². The van der Waals surface area contributed by atoms with E-state index in [9.17, 15) is 51.8 Å². The van der Waals surface area contributed by atoms with E-state index in [1.54, 1.807) is 0 Å². The monoisotopic (exact) mass is 413 g/mol. The normalized spacial score (nSPS) is 16.2. The number of rotatable bonds is 0. The number of nitrogens with zero attached hydrogens (tertiary/aromatic N) is 2. The van der Waals surface area contributed by atoms with Crippen molar-refractivity contribution in [1.82, 2.24) is 9.80 Å². The van der Waals surface area contributed by atoms with Crippen molar-refractivity contribution >= 4 is 21.8 Å². The first-order valence-corrected chi connectivity index (χ1v) is 5.65. The van der Waals surface area contributed by atoms with Crippen LogP contribution >= 0.6 is 0 Å². The predicted octanol–water partition coefficient (Wildman–Crippen LogP) is 0.929. The molecule has 1 aliphatic rings. The van der Waals surface area contributed by atoms with Crippen LogP contribution in [0.1, 0.15) is 0 Å². The fourth-order valence-corrected chi connectivity index (χ4v) is 0.848. The fourth-order valence-electron chi connectivity index (χ4n) is 0.848. The molecule has 1 aliphatic heterocycles. The van der Waals surface area contributed by atoms with Gasteiger partial charge in [-0.2, -0.15) is 0 Å². The Kier molecular flexibility index (Phi) is 20.4. The molecule has 0 bridgehead atoms. The first-order chi connectivity index (χ1) is 9.79. The number of halogens is 12. The van der Waals surface area contributed by atoms with Gasteiger partial charge in [-0.05, 0) is 20.1 Å². The number of piperazine rings is 1. The van der Waals surface area contributed by atoms with Crippen molar-refractivity contribution in [3.8, 4) is 0 Å². The second-order valence-electron chi connectivity index (χ2n) is 3.91. The molecule has 0 spiro atoms. The number of hydrogen-bond acceptors (Lipinski definition) is 2. The average Bonchev–Trinajstić information content (AvgIpc) is 2.14. The van der Waals surface area contributed by atoms with Gasteiger partial charge in [0.15, 0.2) is 0 Å². The fraction of sp³-hybridized carbons (Fsp3) is 0.833. The third-order valence-corrected chi connectivity index (χ3v) is 1.60. The van der Waals surface area contributed by atoms with Gasteiger partial charge in [-0.1, -0.05) is 0 Å². The van der Waals surface area contributed by atoms with E-state index in [0.717, 1.165) is 13.1 Å². The quantitative estimate of drug-likeness (QED) is 0.332. The van der Waals surface area contributed by atoms with Crippen LogP contribution in [0.15, 0.2) is 0 Å². The Morgan fingerprint density at radius 2 is 0.750 bits per heavy atom. The van der Waals surface area contributed by atoms with Gasteiger partial charge < -0.3 is 61.6 Å². The van der Waals surface area contributed by atoms with Gasteiger partial charge in [0.05, 0.1) is 0 Å². The summed E-state index contributed by atoms with van der Waals surface area (Å²) in [6.07, 6.45) is 0. The zero-order chi connectivity index (χ0) is 19.5. The van der Waals surface area contributed by atoms with E-state index < -0.39 is 21.8 Å². The summed E-state index contributed by atoms with van der Waals surface area (Å²) in [5, 5.41) is 0. The van der Waals surface area contributed by atoms with Gasteiger partial charge in [-0.15, -0.1) is 0 Å². The predicted molar refractivity (Wildman–Crippen MR) is 65.0 cm³/mol. The minimum atomic E-state index is -6.00. The summed E-state index contributed by atoms with van der Waals surface area (Å²) in [4.78, 5) is 4.43. The molecule has 1 fully saturated rings. The van der Waals surface area contributed by atoms with Crippen molar-refractivity contribution in [1.29, 1.82) is 0 Å². The third kappa shape index (κ3) is 92.4. The van der Waals surface area contributed by atoms with Crippen LogP contribution < -0.4 is 51.4 Å². The van der Waals surface area contributed by atoms with E-state index in [2.05, 4.69) is 23.9 Å². The summed E-state index contributed by atoms with van der Waals surface area (Å²) in [7, 11) is -12.0. The van der Waals surface area contributed by atoms with Crippen LogP contribution in [-0.4, -0.2) is 64.8 Å². The van der Waals surface area contributed by atoms with Crippen LogP contribution in [-0.2, 0) is 0 Å². The molecule has 0 aromatic carbocycles. The van der Waals surface area contributed by atoms with E-state index in [1.807, 2.05) is 0 Å². The summed E-state index contributed by atoms with van der Waals surface area (Å²) in [5.41, 5.74) is 0. The van der Waals surface area contributed by atoms with E-state index >= 15 is 0 Å². The SMILES string of the molecule is F[B-](F)(F)F.F[B-](F)(F)F.F[B-](F)(F)F.[CH2-]N1CCN(C)CC1.[K+]. The molecule has 24 heavy (non-hydrogen) atoms. The van der Waals surface area contributed by atoms with Crippen LogP contribution in [0.2, 0.25) is 0 Å². The summed E-state index contributed by atoms with van der Waals surface area (Å²) in [5.74, 6) is 0. The standard InChI is InChI=1S/C6H13N2.3BF4.K/c1-7-3-5-8(2)6-4-7;3*2-1(3,4)5;/h1,3-6H2,2H3;;;;/q4*-1;+1. The van der Waals surface area contributed by atoms with Gasteiger partial charge in [0.25, 0.3) is 0 Å². The number of hydrogen-bond donors (Lipinski definition) is 0. The zero-order valence-corrected chi connectivity index (χ0v) is 15.8. The molecule has 0 aliphatic carbocycles. The smallest absolute Gasteiger partial charge is 0.457 e. The maximum Gasteiger partial charge on any atom is 1.00 e. The van der Waals surface area contributed by atoms with Crippen molar-refractivity contribution in [3.63, 3.8) is 0 Å². The van der Waals surface area contributed by atoms with E-state index in [1.165, 1.54) is 13.1 Å². The summed E-state index contributed by atoms with van der Waals surface area (Å²) in [6.45, 7) is 4.58. The van der Waals surface area contributed by atoms with Crippen LogP contribution in [0.5, 0.6) is 0 Å².